The molecule has 0 aromatic heterocycles. The summed E-state index contributed by atoms with van der Waals surface area (Å²) in [5, 5.41) is 14.8. The second-order valence-corrected chi connectivity index (χ2v) is 6.59. The van der Waals surface area contributed by atoms with Crippen LogP contribution in [0.5, 0.6) is 0 Å². The van der Waals surface area contributed by atoms with Crippen LogP contribution in [0, 0.1) is 21.8 Å². The lowest BCUT2D eigenvalue weighted by Gasteiger charge is -2.37. The Kier molecular flexibility index (Phi) is 3.53. The van der Waals surface area contributed by atoms with Gasteiger partial charge in [-0.05, 0) is 35.6 Å². The van der Waals surface area contributed by atoms with Gasteiger partial charge in [-0.25, -0.2) is 4.39 Å². The van der Waals surface area contributed by atoms with E-state index < -0.39 is 4.92 Å². The van der Waals surface area contributed by atoms with Gasteiger partial charge in [0, 0.05) is 18.1 Å². The molecule has 1 aliphatic carbocycles. The quantitative estimate of drug-likeness (QED) is 0.462. The van der Waals surface area contributed by atoms with E-state index in [0.29, 0.717) is 10.7 Å². The summed E-state index contributed by atoms with van der Waals surface area (Å²) >= 11 is 6.30. The monoisotopic (exact) mass is 344 g/mol. The van der Waals surface area contributed by atoms with Crippen molar-refractivity contribution in [2.75, 3.05) is 5.32 Å². The molecular formula is C18H14ClFN2O2. The number of hydrogen-bond acceptors (Lipinski definition) is 3. The van der Waals surface area contributed by atoms with Crippen molar-refractivity contribution in [3.05, 3.63) is 80.6 Å². The highest BCUT2D eigenvalue weighted by Crippen LogP contribution is 2.52. The highest BCUT2D eigenvalue weighted by Gasteiger charge is 2.39. The molecule has 1 N–H and O–H groups in total. The van der Waals surface area contributed by atoms with Crippen molar-refractivity contribution < 1.29 is 9.31 Å². The fourth-order valence-corrected chi connectivity index (χ4v) is 4.05. The van der Waals surface area contributed by atoms with E-state index in [0.717, 1.165) is 17.5 Å². The van der Waals surface area contributed by atoms with Crippen molar-refractivity contribution in [3.63, 3.8) is 0 Å². The van der Waals surface area contributed by atoms with Crippen molar-refractivity contribution in [1.82, 2.24) is 0 Å². The minimum Gasteiger partial charge on any atom is -0.376 e. The number of rotatable bonds is 2. The molecule has 4 nitrogen and oxygen atoms in total. The van der Waals surface area contributed by atoms with Crippen LogP contribution in [0.4, 0.5) is 15.8 Å². The average molecular weight is 345 g/mol. The number of benzene rings is 2. The first-order valence-corrected chi connectivity index (χ1v) is 8.09. The zero-order valence-electron chi connectivity index (χ0n) is 12.6. The Morgan fingerprint density at radius 2 is 2.12 bits per heavy atom. The van der Waals surface area contributed by atoms with Crippen LogP contribution in [0.1, 0.15) is 29.5 Å². The fraction of sp³-hybridized carbons (Fsp3) is 0.222. The number of nitrogens with zero attached hydrogens (tertiary/aromatic N) is 1. The lowest BCUT2D eigenvalue weighted by Crippen LogP contribution is -2.29. The number of nitrogens with one attached hydrogen (secondary N) is 1. The van der Waals surface area contributed by atoms with Gasteiger partial charge in [-0.3, -0.25) is 10.1 Å². The van der Waals surface area contributed by atoms with Crippen LogP contribution in [-0.4, -0.2) is 4.92 Å². The smallest absolute Gasteiger partial charge is 0.271 e. The molecule has 0 fully saturated rings. The lowest BCUT2D eigenvalue weighted by molar-refractivity contribution is -0.384. The molecule has 4 rings (SSSR count). The molecule has 0 bridgehead atoms. The van der Waals surface area contributed by atoms with E-state index in [1.807, 2.05) is 6.07 Å². The molecular weight excluding hydrogens is 331 g/mol. The first-order valence-electron chi connectivity index (χ1n) is 7.71. The third-order valence-electron chi connectivity index (χ3n) is 4.82. The molecule has 0 radical (unpaired) electrons. The molecule has 24 heavy (non-hydrogen) atoms. The number of hydrogen-bond donors (Lipinski definition) is 1. The maximum atomic E-state index is 13.6. The molecule has 122 valence electrons. The molecule has 1 heterocycles. The van der Waals surface area contributed by atoms with Gasteiger partial charge in [0.1, 0.15) is 5.82 Å². The predicted molar refractivity (Wildman–Crippen MR) is 90.9 cm³/mol. The van der Waals surface area contributed by atoms with Gasteiger partial charge in [0.15, 0.2) is 0 Å². The van der Waals surface area contributed by atoms with Crippen LogP contribution >= 0.6 is 11.6 Å². The predicted octanol–water partition coefficient (Wildman–Crippen LogP) is 5.21. The molecule has 0 saturated heterocycles. The van der Waals surface area contributed by atoms with Gasteiger partial charge in [0.05, 0.1) is 21.7 Å². The van der Waals surface area contributed by atoms with Crippen LogP contribution in [0.2, 0.25) is 5.02 Å². The molecule has 0 saturated carbocycles. The van der Waals surface area contributed by atoms with Gasteiger partial charge in [0.2, 0.25) is 0 Å². The number of nitro groups is 1. The first kappa shape index (κ1) is 15.1. The normalized spacial score (nSPS) is 24.2. The molecule has 3 atom stereocenters. The van der Waals surface area contributed by atoms with E-state index in [-0.39, 0.29) is 29.4 Å². The summed E-state index contributed by atoms with van der Waals surface area (Å²) in [4.78, 5) is 10.7. The minimum atomic E-state index is -0.432. The Balaban J connectivity index is 1.83. The molecule has 2 aliphatic rings. The first-order chi connectivity index (χ1) is 11.5. The molecule has 2 aromatic carbocycles. The van der Waals surface area contributed by atoms with E-state index in [9.17, 15) is 14.5 Å². The van der Waals surface area contributed by atoms with Crippen LogP contribution < -0.4 is 5.32 Å². The summed E-state index contributed by atoms with van der Waals surface area (Å²) < 4.78 is 13.6. The Morgan fingerprint density at radius 1 is 1.29 bits per heavy atom. The summed E-state index contributed by atoms with van der Waals surface area (Å²) in [7, 11) is 0. The number of nitro benzene ring substituents is 1. The summed E-state index contributed by atoms with van der Waals surface area (Å²) in [5.41, 5.74) is 2.38. The van der Waals surface area contributed by atoms with Gasteiger partial charge in [-0.2, -0.15) is 0 Å². The second kappa shape index (κ2) is 5.60. The molecule has 1 aliphatic heterocycles. The van der Waals surface area contributed by atoms with Crippen molar-refractivity contribution in [3.8, 4) is 0 Å². The molecule has 2 aromatic rings. The number of allylic oxidation sites excluding steroid dienone is 2. The largest absolute Gasteiger partial charge is 0.376 e. The molecule has 0 unspecified atom stereocenters. The standard InChI is InChI=1S/C18H14ClFN2O2/c19-16-9-12(22(23)24)8-15-13-5-2-6-14(13)17(21-18(15)16)10-3-1-4-11(20)7-10/h1-5,7-9,13-14,17,21H,6H2/t13-,14-,17-/m0/s1. The third kappa shape index (κ3) is 2.36. The molecule has 0 spiro atoms. The number of halogens is 2. The highest BCUT2D eigenvalue weighted by molar-refractivity contribution is 6.33. The van der Waals surface area contributed by atoms with E-state index >= 15 is 0 Å². The number of anilines is 1. The zero-order valence-corrected chi connectivity index (χ0v) is 13.3. The van der Waals surface area contributed by atoms with Gasteiger partial charge in [0.25, 0.3) is 5.69 Å². The summed E-state index contributed by atoms with van der Waals surface area (Å²) in [5.74, 6) is -0.0679. The maximum absolute atomic E-state index is 13.6. The van der Waals surface area contributed by atoms with E-state index in [4.69, 9.17) is 11.6 Å². The van der Waals surface area contributed by atoms with Crippen molar-refractivity contribution in [2.45, 2.75) is 18.4 Å². The minimum absolute atomic E-state index is 0.0104. The Labute approximate surface area is 143 Å². The van der Waals surface area contributed by atoms with E-state index in [2.05, 4.69) is 17.5 Å². The van der Waals surface area contributed by atoms with Crippen LogP contribution in [0.3, 0.4) is 0 Å². The second-order valence-electron chi connectivity index (χ2n) is 6.18. The maximum Gasteiger partial charge on any atom is 0.271 e. The van der Waals surface area contributed by atoms with Gasteiger partial charge < -0.3 is 5.32 Å². The van der Waals surface area contributed by atoms with Gasteiger partial charge in [-0.1, -0.05) is 35.9 Å². The highest BCUT2D eigenvalue weighted by atomic mass is 35.5. The fourth-order valence-electron chi connectivity index (χ4n) is 3.78. The van der Waals surface area contributed by atoms with Crippen LogP contribution in [0.25, 0.3) is 0 Å². The molecule has 0 amide bonds. The summed E-state index contributed by atoms with van der Waals surface area (Å²) in [6, 6.07) is 9.38. The average Bonchev–Trinajstić information content (AvgIpc) is 3.04. The SMILES string of the molecule is O=[N+]([O-])c1cc(Cl)c2c(c1)[C@H]1C=CC[C@@H]1[C@H](c1cccc(F)c1)N2. The van der Waals surface area contributed by atoms with Gasteiger partial charge in [-0.15, -0.1) is 0 Å². The Hall–Kier alpha value is -2.40. The molecule has 6 heteroatoms. The van der Waals surface area contributed by atoms with Crippen LogP contribution in [0.15, 0.2) is 48.6 Å². The van der Waals surface area contributed by atoms with Crippen molar-refractivity contribution >= 4 is 23.0 Å². The Morgan fingerprint density at radius 3 is 2.88 bits per heavy atom. The number of non-ortho nitro benzene ring substituents is 1. The lowest BCUT2D eigenvalue weighted by atomic mass is 9.77. The van der Waals surface area contributed by atoms with Gasteiger partial charge >= 0.3 is 0 Å². The summed E-state index contributed by atoms with van der Waals surface area (Å²) in [6.07, 6.45) is 4.97. The zero-order chi connectivity index (χ0) is 16.8. The van der Waals surface area contributed by atoms with Crippen molar-refractivity contribution in [1.29, 1.82) is 0 Å². The van der Waals surface area contributed by atoms with E-state index in [1.165, 1.54) is 18.2 Å². The third-order valence-corrected chi connectivity index (χ3v) is 5.12. The summed E-state index contributed by atoms with van der Waals surface area (Å²) in [6.45, 7) is 0. The van der Waals surface area contributed by atoms with Crippen molar-refractivity contribution in [2.24, 2.45) is 5.92 Å². The Bertz CT molecular complexity index is 868. The van der Waals surface area contributed by atoms with E-state index in [1.54, 1.807) is 12.1 Å². The number of fused-ring (bicyclic) bond motifs is 3. The topological polar surface area (TPSA) is 55.2 Å². The van der Waals surface area contributed by atoms with Crippen LogP contribution in [-0.2, 0) is 0 Å².